The van der Waals surface area contributed by atoms with E-state index in [0.717, 1.165) is 25.5 Å². The third-order valence-corrected chi connectivity index (χ3v) is 6.88. The average Bonchev–Trinajstić information content (AvgIpc) is 2.88. The molecule has 0 aromatic carbocycles. The average molecular weight is 403 g/mol. The quantitative estimate of drug-likeness (QED) is 0.719. The lowest BCUT2D eigenvalue weighted by molar-refractivity contribution is -0.181. The molecule has 29 heavy (non-hydrogen) atoms. The summed E-state index contributed by atoms with van der Waals surface area (Å²) in [5, 5.41) is 0.644. The molecule has 4 fully saturated rings. The van der Waals surface area contributed by atoms with E-state index in [1.807, 2.05) is 13.8 Å². The van der Waals surface area contributed by atoms with Crippen molar-refractivity contribution in [1.29, 1.82) is 0 Å². The first kappa shape index (κ1) is 18.3. The molecule has 2 aliphatic heterocycles. The van der Waals surface area contributed by atoms with Crippen LogP contribution in [0.1, 0.15) is 33.1 Å². The zero-order valence-corrected chi connectivity index (χ0v) is 16.3. The van der Waals surface area contributed by atoms with Crippen molar-refractivity contribution in [3.8, 4) is 5.75 Å². The third kappa shape index (κ3) is 2.78. The maximum atomic E-state index is 13.2. The Hall–Kier alpha value is -2.71. The number of nitrogens with zero attached hydrogens (tertiary/aromatic N) is 3. The number of hydrogen-bond donors (Lipinski definition) is 0. The summed E-state index contributed by atoms with van der Waals surface area (Å²) in [6, 6.07) is 1.30. The Labute approximate surface area is 166 Å². The molecule has 3 amide bonds. The second-order valence-electron chi connectivity index (χ2n) is 9.28. The monoisotopic (exact) mass is 403 g/mol. The first-order valence-electron chi connectivity index (χ1n) is 9.82. The highest BCUT2D eigenvalue weighted by molar-refractivity contribution is 6.09. The Morgan fingerprint density at radius 2 is 1.90 bits per heavy atom. The minimum absolute atomic E-state index is 0.0619. The minimum atomic E-state index is -0.671. The Bertz CT molecular complexity index is 889. The van der Waals surface area contributed by atoms with E-state index in [1.54, 1.807) is 0 Å². The summed E-state index contributed by atoms with van der Waals surface area (Å²) in [5.41, 5.74) is -0.401. The molecular formula is C20H22FN3O5. The highest BCUT2D eigenvalue weighted by atomic mass is 19.1. The highest BCUT2D eigenvalue weighted by Gasteiger charge is 2.74. The number of rotatable bonds is 3. The van der Waals surface area contributed by atoms with Gasteiger partial charge in [-0.3, -0.25) is 14.6 Å². The van der Waals surface area contributed by atoms with Crippen LogP contribution in [0, 0.1) is 28.5 Å². The van der Waals surface area contributed by atoms with Crippen molar-refractivity contribution in [2.24, 2.45) is 22.7 Å². The van der Waals surface area contributed by atoms with E-state index < -0.39 is 23.7 Å². The van der Waals surface area contributed by atoms with Crippen LogP contribution in [0.4, 0.5) is 9.18 Å². The van der Waals surface area contributed by atoms with Crippen LogP contribution in [0.15, 0.2) is 18.5 Å². The van der Waals surface area contributed by atoms with E-state index in [4.69, 9.17) is 9.57 Å². The summed E-state index contributed by atoms with van der Waals surface area (Å²) >= 11 is 0. The summed E-state index contributed by atoms with van der Waals surface area (Å²) < 4.78 is 19.1. The maximum absolute atomic E-state index is 13.2. The molecule has 3 heterocycles. The van der Waals surface area contributed by atoms with Crippen LogP contribution in [0.2, 0.25) is 0 Å². The Kier molecular flexibility index (Phi) is 3.73. The number of hydroxylamine groups is 2. The number of carbonyl (C=O) groups is 3. The fourth-order valence-corrected chi connectivity index (χ4v) is 5.23. The van der Waals surface area contributed by atoms with Gasteiger partial charge in [-0.05, 0) is 24.7 Å². The number of pyridine rings is 1. The Balaban J connectivity index is 1.13. The van der Waals surface area contributed by atoms with Crippen molar-refractivity contribution in [3.63, 3.8) is 0 Å². The molecule has 1 aromatic heterocycles. The molecule has 5 rings (SSSR count). The molecule has 9 heteroatoms. The van der Waals surface area contributed by atoms with E-state index in [-0.39, 0.29) is 28.8 Å². The second kappa shape index (κ2) is 5.90. The number of piperidine rings is 1. The Morgan fingerprint density at radius 1 is 1.21 bits per heavy atom. The minimum Gasteiger partial charge on any atom is -0.489 e. The number of imide groups is 1. The van der Waals surface area contributed by atoms with Gasteiger partial charge in [0.1, 0.15) is 11.6 Å². The van der Waals surface area contributed by atoms with Crippen molar-refractivity contribution in [2.45, 2.75) is 39.2 Å². The summed E-state index contributed by atoms with van der Waals surface area (Å²) in [5.74, 6) is -1.65. The van der Waals surface area contributed by atoms with E-state index in [1.165, 1.54) is 17.2 Å². The fraction of sp³-hybridized carbons (Fsp3) is 0.600. The summed E-state index contributed by atoms with van der Waals surface area (Å²) in [4.78, 5) is 47.4. The van der Waals surface area contributed by atoms with Crippen molar-refractivity contribution in [1.82, 2.24) is 14.9 Å². The van der Waals surface area contributed by atoms with Crippen LogP contribution < -0.4 is 4.74 Å². The molecule has 1 spiro atoms. The van der Waals surface area contributed by atoms with Gasteiger partial charge < -0.3 is 14.5 Å². The molecule has 0 radical (unpaired) electrons. The first-order valence-corrected chi connectivity index (χ1v) is 9.82. The number of likely N-dealkylation sites (tertiary alicyclic amines) is 1. The van der Waals surface area contributed by atoms with Gasteiger partial charge >= 0.3 is 6.09 Å². The highest BCUT2D eigenvalue weighted by Crippen LogP contribution is 2.63. The predicted octanol–water partition coefficient (Wildman–Crippen LogP) is 2.15. The van der Waals surface area contributed by atoms with Crippen molar-refractivity contribution in [2.75, 3.05) is 13.1 Å². The van der Waals surface area contributed by atoms with Gasteiger partial charge in [-0.2, -0.15) is 0 Å². The summed E-state index contributed by atoms with van der Waals surface area (Å²) in [6.45, 7) is 4.72. The van der Waals surface area contributed by atoms with Gasteiger partial charge in [-0.1, -0.05) is 13.8 Å². The van der Waals surface area contributed by atoms with Crippen LogP contribution >= 0.6 is 0 Å². The number of fused-ring (bicyclic) bond motifs is 1. The molecular weight excluding hydrogens is 381 g/mol. The normalized spacial score (nSPS) is 30.9. The standard InChI is InChI=1S/C20H22FN3O5/c1-19(2)14-15(19)17(26)24(16(14)25)29-18(27)23-9-20(10-23)4-3-12(6-20)28-13-5-11(21)7-22-8-13/h5,7-8,12,14-15H,3-4,6,9-10H2,1-2H3. The Morgan fingerprint density at radius 3 is 2.55 bits per heavy atom. The second-order valence-corrected chi connectivity index (χ2v) is 9.28. The van der Waals surface area contributed by atoms with Gasteiger partial charge in [0.15, 0.2) is 0 Å². The van der Waals surface area contributed by atoms with Crippen LogP contribution in [0.5, 0.6) is 5.75 Å². The largest absolute Gasteiger partial charge is 0.489 e. The summed E-state index contributed by atoms with van der Waals surface area (Å²) in [7, 11) is 0. The molecule has 0 bridgehead atoms. The van der Waals surface area contributed by atoms with Crippen molar-refractivity contribution >= 4 is 17.9 Å². The molecule has 8 nitrogen and oxygen atoms in total. The van der Waals surface area contributed by atoms with Gasteiger partial charge in [-0.25, -0.2) is 9.18 Å². The van der Waals surface area contributed by atoms with Gasteiger partial charge in [0.2, 0.25) is 0 Å². The third-order valence-electron chi connectivity index (χ3n) is 6.88. The molecule has 154 valence electrons. The molecule has 2 saturated carbocycles. The molecule has 2 aliphatic carbocycles. The fourth-order valence-electron chi connectivity index (χ4n) is 5.23. The van der Waals surface area contributed by atoms with E-state index in [9.17, 15) is 18.8 Å². The van der Waals surface area contributed by atoms with Gasteiger partial charge in [-0.15, -0.1) is 5.06 Å². The number of halogens is 1. The lowest BCUT2D eigenvalue weighted by Crippen LogP contribution is -2.58. The zero-order chi connectivity index (χ0) is 20.6. The topological polar surface area (TPSA) is 89.0 Å². The molecule has 4 aliphatic rings. The van der Waals surface area contributed by atoms with Crippen LogP contribution in [0.25, 0.3) is 0 Å². The van der Waals surface area contributed by atoms with Crippen LogP contribution in [-0.2, 0) is 14.4 Å². The first-order chi connectivity index (χ1) is 13.7. The SMILES string of the molecule is CC1(C)C2C(=O)N(OC(=O)N3CC4(CCC(Oc5cncc(F)c5)C4)C3)C(=O)C21. The maximum Gasteiger partial charge on any atom is 0.434 e. The van der Waals surface area contributed by atoms with E-state index >= 15 is 0 Å². The molecule has 1 aromatic rings. The van der Waals surface area contributed by atoms with Crippen LogP contribution in [0.3, 0.4) is 0 Å². The lowest BCUT2D eigenvalue weighted by atomic mass is 9.78. The lowest BCUT2D eigenvalue weighted by Gasteiger charge is -2.47. The van der Waals surface area contributed by atoms with Gasteiger partial charge in [0.25, 0.3) is 11.8 Å². The predicted molar refractivity (Wildman–Crippen MR) is 95.6 cm³/mol. The van der Waals surface area contributed by atoms with Crippen LogP contribution in [-0.4, -0.2) is 52.0 Å². The molecule has 3 unspecified atom stereocenters. The summed E-state index contributed by atoms with van der Waals surface area (Å²) in [6.07, 6.45) is 4.30. The smallest absolute Gasteiger partial charge is 0.434 e. The number of hydrogen-bond acceptors (Lipinski definition) is 6. The number of carbonyl (C=O) groups excluding carboxylic acids is 3. The molecule has 0 N–H and O–H groups in total. The van der Waals surface area contributed by atoms with E-state index in [0.29, 0.717) is 23.9 Å². The number of aromatic nitrogens is 1. The zero-order valence-electron chi connectivity index (χ0n) is 16.3. The molecule has 2 saturated heterocycles. The van der Waals surface area contributed by atoms with Gasteiger partial charge in [0, 0.05) is 24.6 Å². The van der Waals surface area contributed by atoms with Gasteiger partial charge in [0.05, 0.1) is 30.3 Å². The van der Waals surface area contributed by atoms with E-state index in [2.05, 4.69) is 4.98 Å². The number of amides is 3. The van der Waals surface area contributed by atoms with Crippen molar-refractivity contribution < 1.29 is 28.3 Å². The van der Waals surface area contributed by atoms with Crippen molar-refractivity contribution in [3.05, 3.63) is 24.3 Å². The molecule has 3 atom stereocenters. The number of ether oxygens (including phenoxy) is 1.